The molecule has 8 nitrogen and oxygen atoms in total. The number of ether oxygens (including phenoxy) is 1. The van der Waals surface area contributed by atoms with Crippen LogP contribution in [-0.2, 0) is 28.0 Å². The number of alkyl halides is 3. The van der Waals surface area contributed by atoms with Gasteiger partial charge < -0.3 is 9.84 Å². The molecule has 3 heterocycles. The molecule has 2 aliphatic rings. The summed E-state index contributed by atoms with van der Waals surface area (Å²) in [6, 6.07) is 5.98. The predicted octanol–water partition coefficient (Wildman–Crippen LogP) is 4.44. The zero-order chi connectivity index (χ0) is 25.5. The van der Waals surface area contributed by atoms with Gasteiger partial charge in [0.05, 0.1) is 18.0 Å². The molecule has 0 fully saturated rings. The largest absolute Gasteiger partial charge is 0.494 e. The number of halogens is 3. The maximum Gasteiger partial charge on any atom is 0.433 e. The molecule has 2 aliphatic heterocycles. The Balaban J connectivity index is 1.58. The molecule has 2 aromatic rings. The van der Waals surface area contributed by atoms with Gasteiger partial charge in [0.25, 0.3) is 0 Å². The topological polar surface area (TPSA) is 102 Å². The monoisotopic (exact) mass is 531 g/mol. The van der Waals surface area contributed by atoms with Crippen LogP contribution < -0.4 is 9.04 Å². The number of aryl methyl sites for hydroxylation is 1. The number of aromatic nitrogens is 2. The van der Waals surface area contributed by atoms with Crippen molar-refractivity contribution in [2.75, 3.05) is 17.5 Å². The summed E-state index contributed by atoms with van der Waals surface area (Å²) < 4.78 is 73.3. The normalized spacial score (nSPS) is 20.1. The van der Waals surface area contributed by atoms with Gasteiger partial charge >= 0.3 is 12.1 Å². The number of nitrogens with zero attached hydrogens (tertiary/aromatic N) is 3. The van der Waals surface area contributed by atoms with Crippen molar-refractivity contribution in [3.05, 3.63) is 47.3 Å². The lowest BCUT2D eigenvalue weighted by Gasteiger charge is -2.24. The van der Waals surface area contributed by atoms with Crippen molar-refractivity contribution >= 4 is 38.3 Å². The van der Waals surface area contributed by atoms with E-state index in [4.69, 9.17) is 9.84 Å². The van der Waals surface area contributed by atoms with E-state index in [1.54, 1.807) is 24.3 Å². The van der Waals surface area contributed by atoms with Crippen molar-refractivity contribution in [3.8, 4) is 5.75 Å². The summed E-state index contributed by atoms with van der Waals surface area (Å²) >= 11 is 0.965. The Kier molecular flexibility index (Phi) is 6.84. The van der Waals surface area contributed by atoms with E-state index in [2.05, 4.69) is 5.10 Å². The Bertz CT molecular complexity index is 1270. The SMILES string of the molecule is CCOc1ccc2c(c1)C(CCC(=O)O)CN2S(=O)(=O)C1CC=C(c2cc(C(F)(F)F)n(C)n2)S1. The Labute approximate surface area is 204 Å². The van der Waals surface area contributed by atoms with Gasteiger partial charge in [-0.1, -0.05) is 6.08 Å². The molecule has 4 rings (SSSR count). The van der Waals surface area contributed by atoms with E-state index < -0.39 is 32.4 Å². The fourth-order valence-corrected chi connectivity index (χ4v) is 7.76. The predicted molar refractivity (Wildman–Crippen MR) is 126 cm³/mol. The van der Waals surface area contributed by atoms with E-state index in [0.29, 0.717) is 28.5 Å². The molecule has 0 bridgehead atoms. The molecular weight excluding hydrogens is 507 g/mol. The second-order valence-electron chi connectivity index (χ2n) is 8.25. The average Bonchev–Trinajstić information content (AvgIpc) is 3.49. The first-order valence-electron chi connectivity index (χ1n) is 10.9. The highest BCUT2D eigenvalue weighted by atomic mass is 32.3. The van der Waals surface area contributed by atoms with E-state index >= 15 is 0 Å². The molecule has 0 spiro atoms. The number of aliphatic carboxylic acids is 1. The lowest BCUT2D eigenvalue weighted by molar-refractivity contribution is -0.143. The molecule has 2 unspecified atom stereocenters. The number of sulfonamides is 1. The number of carbonyl (C=O) groups is 1. The minimum Gasteiger partial charge on any atom is -0.494 e. The highest BCUT2D eigenvalue weighted by molar-refractivity contribution is 8.19. The zero-order valence-corrected chi connectivity index (χ0v) is 20.6. The maximum atomic E-state index is 13.6. The lowest BCUT2D eigenvalue weighted by Crippen LogP contribution is -2.36. The molecular formula is C22H24F3N3O5S2. The van der Waals surface area contributed by atoms with Crippen molar-refractivity contribution in [1.29, 1.82) is 0 Å². The number of allylic oxidation sites excluding steroid dienone is 1. The van der Waals surface area contributed by atoms with E-state index in [1.807, 2.05) is 6.92 Å². The molecule has 2 atom stereocenters. The van der Waals surface area contributed by atoms with Gasteiger partial charge in [-0.2, -0.15) is 18.3 Å². The Hall–Kier alpha value is -2.67. The number of rotatable bonds is 8. The third-order valence-electron chi connectivity index (χ3n) is 5.93. The number of thioether (sulfide) groups is 1. The van der Waals surface area contributed by atoms with Gasteiger partial charge in [-0.3, -0.25) is 13.8 Å². The summed E-state index contributed by atoms with van der Waals surface area (Å²) in [6.45, 7) is 2.35. The molecule has 190 valence electrons. The number of hydrogen-bond donors (Lipinski definition) is 1. The van der Waals surface area contributed by atoms with Crippen molar-refractivity contribution < 1.29 is 36.2 Å². The summed E-state index contributed by atoms with van der Waals surface area (Å²) in [5.41, 5.74) is 0.330. The second kappa shape index (κ2) is 9.41. The van der Waals surface area contributed by atoms with Crippen LogP contribution in [0.4, 0.5) is 18.9 Å². The molecule has 0 saturated carbocycles. The summed E-state index contributed by atoms with van der Waals surface area (Å²) in [6.07, 6.45) is -2.71. The highest BCUT2D eigenvalue weighted by Gasteiger charge is 2.43. The minimum atomic E-state index is -4.57. The summed E-state index contributed by atoms with van der Waals surface area (Å²) in [4.78, 5) is 11.5. The van der Waals surface area contributed by atoms with Crippen molar-refractivity contribution in [2.45, 2.75) is 42.9 Å². The molecule has 13 heteroatoms. The van der Waals surface area contributed by atoms with Crippen LogP contribution >= 0.6 is 11.8 Å². The van der Waals surface area contributed by atoms with E-state index in [0.717, 1.165) is 22.5 Å². The molecule has 0 aliphatic carbocycles. The van der Waals surface area contributed by atoms with Crippen molar-refractivity contribution in [1.82, 2.24) is 9.78 Å². The Morgan fingerprint density at radius 1 is 1.31 bits per heavy atom. The van der Waals surface area contributed by atoms with Crippen LogP contribution in [0, 0.1) is 0 Å². The minimum absolute atomic E-state index is 0.0741. The van der Waals surface area contributed by atoms with Crippen LogP contribution in [0.5, 0.6) is 5.75 Å². The van der Waals surface area contributed by atoms with Crippen LogP contribution in [-0.4, -0.2) is 47.0 Å². The smallest absolute Gasteiger partial charge is 0.433 e. The lowest BCUT2D eigenvalue weighted by atomic mass is 9.96. The molecule has 1 N–H and O–H groups in total. The molecule has 0 radical (unpaired) electrons. The summed E-state index contributed by atoms with van der Waals surface area (Å²) in [7, 11) is -2.73. The molecule has 35 heavy (non-hydrogen) atoms. The van der Waals surface area contributed by atoms with E-state index in [1.165, 1.54) is 11.4 Å². The molecule has 1 aromatic carbocycles. The number of anilines is 1. The third kappa shape index (κ3) is 5.01. The average molecular weight is 532 g/mol. The second-order valence-corrected chi connectivity index (χ2v) is 11.8. The fraction of sp³-hybridized carbons (Fsp3) is 0.455. The van der Waals surface area contributed by atoms with E-state index in [-0.39, 0.29) is 37.4 Å². The standard InChI is InChI=1S/C22H24F3N3O5S2/c1-3-33-14-5-6-17-15(10-14)13(4-8-20(29)30)12-28(17)35(31,32)21-9-7-18(34-21)16-11-19(22(23,24)25)27(2)26-16/h5-7,10-11,13,21H,3-4,8-9,12H2,1-2H3,(H,29,30). The van der Waals surface area contributed by atoms with Gasteiger partial charge in [0, 0.05) is 30.8 Å². The Morgan fingerprint density at radius 3 is 2.69 bits per heavy atom. The van der Waals surface area contributed by atoms with Crippen LogP contribution in [0.25, 0.3) is 4.91 Å². The summed E-state index contributed by atoms with van der Waals surface area (Å²) in [5, 5.41) is 13.0. The van der Waals surface area contributed by atoms with E-state index in [9.17, 15) is 26.4 Å². The van der Waals surface area contributed by atoms with Gasteiger partial charge in [-0.15, -0.1) is 11.8 Å². The summed E-state index contributed by atoms with van der Waals surface area (Å²) in [5.74, 6) is -0.719. The van der Waals surface area contributed by atoms with Gasteiger partial charge in [-0.05, 0) is 49.6 Å². The van der Waals surface area contributed by atoms with Crippen molar-refractivity contribution in [3.63, 3.8) is 0 Å². The first-order chi connectivity index (χ1) is 16.4. The van der Waals surface area contributed by atoms with Gasteiger partial charge in [0.2, 0.25) is 10.0 Å². The number of carboxylic acids is 1. The Morgan fingerprint density at radius 2 is 2.06 bits per heavy atom. The quantitative estimate of drug-likeness (QED) is 0.537. The zero-order valence-electron chi connectivity index (χ0n) is 18.9. The van der Waals surface area contributed by atoms with Crippen LogP contribution in [0.3, 0.4) is 0 Å². The molecule has 0 saturated heterocycles. The number of carboxylic acid groups (broad SMARTS) is 1. The van der Waals surface area contributed by atoms with Crippen molar-refractivity contribution in [2.24, 2.45) is 7.05 Å². The number of benzene rings is 1. The maximum absolute atomic E-state index is 13.6. The third-order valence-corrected chi connectivity index (χ3v) is 9.85. The number of fused-ring (bicyclic) bond motifs is 1. The first kappa shape index (κ1) is 25.4. The van der Waals surface area contributed by atoms with Gasteiger partial charge in [0.15, 0.2) is 0 Å². The highest BCUT2D eigenvalue weighted by Crippen LogP contribution is 2.48. The van der Waals surface area contributed by atoms with Gasteiger partial charge in [0.1, 0.15) is 16.0 Å². The molecule has 0 amide bonds. The van der Waals surface area contributed by atoms with Crippen LogP contribution in [0.1, 0.15) is 49.1 Å². The van der Waals surface area contributed by atoms with Crippen LogP contribution in [0.2, 0.25) is 0 Å². The number of hydrogen-bond acceptors (Lipinski definition) is 6. The van der Waals surface area contributed by atoms with Crippen LogP contribution in [0.15, 0.2) is 30.3 Å². The fourth-order valence-electron chi connectivity index (χ4n) is 4.31. The van der Waals surface area contributed by atoms with Gasteiger partial charge in [-0.25, -0.2) is 8.42 Å². The first-order valence-corrected chi connectivity index (χ1v) is 13.3. The molecule has 1 aromatic heterocycles.